The van der Waals surface area contributed by atoms with Crippen molar-refractivity contribution in [1.82, 2.24) is 14.8 Å². The molecular formula is C20H20FN5O. The Morgan fingerprint density at radius 3 is 2.74 bits per heavy atom. The quantitative estimate of drug-likeness (QED) is 0.770. The van der Waals surface area contributed by atoms with Gasteiger partial charge in [0.1, 0.15) is 11.6 Å². The molecule has 1 N–H and O–H groups in total. The van der Waals surface area contributed by atoms with Crippen molar-refractivity contribution in [3.05, 3.63) is 65.5 Å². The summed E-state index contributed by atoms with van der Waals surface area (Å²) >= 11 is 0. The topological polar surface area (TPSA) is 63.1 Å². The molecule has 6 nitrogen and oxygen atoms in total. The Bertz CT molecular complexity index is 996. The number of carbonyl (C=O) groups excluding carboxylic acids is 1. The van der Waals surface area contributed by atoms with Crippen molar-refractivity contribution in [3.63, 3.8) is 0 Å². The van der Waals surface area contributed by atoms with Crippen molar-refractivity contribution in [2.45, 2.75) is 20.3 Å². The summed E-state index contributed by atoms with van der Waals surface area (Å²) in [4.78, 5) is 19.1. The number of likely N-dealkylation sites (N-methyl/N-ethyl adjacent to an activating group) is 1. The van der Waals surface area contributed by atoms with Crippen LogP contribution < -0.4 is 10.2 Å². The molecule has 2 heterocycles. The van der Waals surface area contributed by atoms with Gasteiger partial charge in [0, 0.05) is 24.5 Å². The van der Waals surface area contributed by atoms with E-state index in [0.717, 1.165) is 30.9 Å². The standard InChI is InChI=1S/C20H20FN5O/c1-3-25-11-10-14-4-7-16(12-18(14)25)23-20(27)19-22-13(2)26(24-19)17-8-5-15(21)6-9-17/h4-9,12H,3,10-11H2,1-2H3,(H,23,27). The number of nitrogens with one attached hydrogen (secondary N) is 1. The van der Waals surface area contributed by atoms with Gasteiger partial charge in [0.15, 0.2) is 0 Å². The Labute approximate surface area is 156 Å². The average molecular weight is 365 g/mol. The smallest absolute Gasteiger partial charge is 0.295 e. The van der Waals surface area contributed by atoms with Crippen LogP contribution in [0.5, 0.6) is 0 Å². The highest BCUT2D eigenvalue weighted by Crippen LogP contribution is 2.30. The van der Waals surface area contributed by atoms with Gasteiger partial charge in [0.2, 0.25) is 5.82 Å². The molecule has 0 radical (unpaired) electrons. The molecule has 1 aliphatic heterocycles. The highest BCUT2D eigenvalue weighted by Gasteiger charge is 2.20. The van der Waals surface area contributed by atoms with Crippen LogP contribution >= 0.6 is 0 Å². The Kier molecular flexibility index (Phi) is 4.35. The normalized spacial score (nSPS) is 12.9. The first-order valence-corrected chi connectivity index (χ1v) is 8.94. The van der Waals surface area contributed by atoms with Crippen molar-refractivity contribution >= 4 is 17.3 Å². The maximum atomic E-state index is 13.1. The van der Waals surface area contributed by atoms with Crippen LogP contribution in [0.25, 0.3) is 5.69 Å². The monoisotopic (exact) mass is 365 g/mol. The predicted octanol–water partition coefficient (Wildman–Crippen LogP) is 3.35. The van der Waals surface area contributed by atoms with Crippen LogP contribution in [0, 0.1) is 12.7 Å². The number of benzene rings is 2. The Morgan fingerprint density at radius 2 is 2.00 bits per heavy atom. The zero-order valence-electron chi connectivity index (χ0n) is 15.2. The minimum Gasteiger partial charge on any atom is -0.371 e. The molecule has 0 atom stereocenters. The number of aromatic nitrogens is 3. The molecule has 1 aliphatic rings. The van der Waals surface area contributed by atoms with E-state index >= 15 is 0 Å². The molecule has 4 rings (SSSR count). The summed E-state index contributed by atoms with van der Waals surface area (Å²) in [6.45, 7) is 5.82. The molecule has 0 spiro atoms. The van der Waals surface area contributed by atoms with E-state index in [1.165, 1.54) is 22.4 Å². The third-order valence-electron chi connectivity index (χ3n) is 4.76. The van der Waals surface area contributed by atoms with Gasteiger partial charge in [-0.3, -0.25) is 4.79 Å². The molecule has 0 saturated carbocycles. The number of carbonyl (C=O) groups is 1. The van der Waals surface area contributed by atoms with Gasteiger partial charge in [0.25, 0.3) is 5.91 Å². The second kappa shape index (κ2) is 6.83. The summed E-state index contributed by atoms with van der Waals surface area (Å²) in [6.07, 6.45) is 1.03. The lowest BCUT2D eigenvalue weighted by molar-refractivity contribution is 0.101. The molecule has 3 aromatic rings. The second-order valence-electron chi connectivity index (χ2n) is 6.50. The summed E-state index contributed by atoms with van der Waals surface area (Å²) < 4.78 is 14.6. The maximum absolute atomic E-state index is 13.1. The molecule has 0 aliphatic carbocycles. The third kappa shape index (κ3) is 3.28. The highest BCUT2D eigenvalue weighted by atomic mass is 19.1. The zero-order chi connectivity index (χ0) is 19.0. The largest absolute Gasteiger partial charge is 0.371 e. The fourth-order valence-electron chi connectivity index (χ4n) is 3.35. The third-order valence-corrected chi connectivity index (χ3v) is 4.76. The van der Waals surface area contributed by atoms with Gasteiger partial charge in [-0.2, -0.15) is 0 Å². The molecule has 0 unspecified atom stereocenters. The van der Waals surface area contributed by atoms with E-state index < -0.39 is 0 Å². The fraction of sp³-hybridized carbons (Fsp3) is 0.250. The molecule has 7 heteroatoms. The average Bonchev–Trinajstić information content (AvgIpc) is 3.25. The van der Waals surface area contributed by atoms with Gasteiger partial charge in [-0.1, -0.05) is 6.07 Å². The van der Waals surface area contributed by atoms with Crippen LogP contribution in [0.3, 0.4) is 0 Å². The van der Waals surface area contributed by atoms with Crippen molar-refractivity contribution in [2.24, 2.45) is 0 Å². The Hall–Kier alpha value is -3.22. The minimum absolute atomic E-state index is 0.0738. The predicted molar refractivity (Wildman–Crippen MR) is 102 cm³/mol. The number of rotatable bonds is 4. The first kappa shape index (κ1) is 17.2. The van der Waals surface area contributed by atoms with E-state index in [1.807, 2.05) is 12.1 Å². The minimum atomic E-state index is -0.375. The van der Waals surface area contributed by atoms with Crippen molar-refractivity contribution in [1.29, 1.82) is 0 Å². The first-order valence-electron chi connectivity index (χ1n) is 8.94. The molecule has 2 aromatic carbocycles. The van der Waals surface area contributed by atoms with Gasteiger partial charge in [-0.15, -0.1) is 5.10 Å². The van der Waals surface area contributed by atoms with E-state index in [0.29, 0.717) is 11.5 Å². The van der Waals surface area contributed by atoms with E-state index in [9.17, 15) is 9.18 Å². The van der Waals surface area contributed by atoms with E-state index in [1.54, 1.807) is 19.1 Å². The fourth-order valence-corrected chi connectivity index (χ4v) is 3.35. The Balaban J connectivity index is 1.56. The van der Waals surface area contributed by atoms with Crippen molar-refractivity contribution < 1.29 is 9.18 Å². The number of hydrogen-bond acceptors (Lipinski definition) is 4. The molecule has 0 saturated heterocycles. The number of hydrogen-bond donors (Lipinski definition) is 1. The summed E-state index contributed by atoms with van der Waals surface area (Å²) in [5.74, 6) is -0.0743. The number of nitrogens with zero attached hydrogens (tertiary/aromatic N) is 4. The van der Waals surface area contributed by atoms with E-state index in [-0.39, 0.29) is 17.5 Å². The number of aryl methyl sites for hydroxylation is 1. The Morgan fingerprint density at radius 1 is 1.22 bits per heavy atom. The number of halogens is 1. The van der Waals surface area contributed by atoms with Gasteiger partial charge < -0.3 is 10.2 Å². The summed E-state index contributed by atoms with van der Waals surface area (Å²) in [5, 5.41) is 7.14. The number of fused-ring (bicyclic) bond motifs is 1. The lowest BCUT2D eigenvalue weighted by atomic mass is 10.1. The second-order valence-corrected chi connectivity index (χ2v) is 6.50. The lowest BCUT2D eigenvalue weighted by Gasteiger charge is -2.17. The van der Waals surface area contributed by atoms with Crippen molar-refractivity contribution in [2.75, 3.05) is 23.3 Å². The number of anilines is 2. The molecule has 138 valence electrons. The SMILES string of the molecule is CCN1CCc2ccc(NC(=O)c3nc(C)n(-c4ccc(F)cc4)n3)cc21. The molecule has 0 bridgehead atoms. The maximum Gasteiger partial charge on any atom is 0.295 e. The van der Waals surface area contributed by atoms with E-state index in [2.05, 4.69) is 33.3 Å². The van der Waals surface area contributed by atoms with Crippen LogP contribution in [0.4, 0.5) is 15.8 Å². The molecular weight excluding hydrogens is 345 g/mol. The first-order chi connectivity index (χ1) is 13.0. The summed E-state index contributed by atoms with van der Waals surface area (Å²) in [5.41, 5.74) is 3.83. The lowest BCUT2D eigenvalue weighted by Crippen LogP contribution is -2.19. The van der Waals surface area contributed by atoms with Crippen LogP contribution in [-0.2, 0) is 6.42 Å². The van der Waals surface area contributed by atoms with Gasteiger partial charge in [0.05, 0.1) is 5.69 Å². The van der Waals surface area contributed by atoms with E-state index in [4.69, 9.17) is 0 Å². The van der Waals surface area contributed by atoms with Gasteiger partial charge >= 0.3 is 0 Å². The zero-order valence-corrected chi connectivity index (χ0v) is 15.2. The van der Waals surface area contributed by atoms with Crippen LogP contribution in [0.1, 0.15) is 28.9 Å². The molecule has 1 aromatic heterocycles. The number of amides is 1. The van der Waals surface area contributed by atoms with Crippen LogP contribution in [-0.4, -0.2) is 33.8 Å². The highest BCUT2D eigenvalue weighted by molar-refractivity contribution is 6.01. The summed E-state index contributed by atoms with van der Waals surface area (Å²) in [7, 11) is 0. The molecule has 27 heavy (non-hydrogen) atoms. The van der Waals surface area contributed by atoms with Crippen LogP contribution in [0.15, 0.2) is 42.5 Å². The van der Waals surface area contributed by atoms with Crippen molar-refractivity contribution in [3.8, 4) is 5.69 Å². The molecule has 1 amide bonds. The van der Waals surface area contributed by atoms with Gasteiger partial charge in [-0.25, -0.2) is 14.1 Å². The molecule has 0 fully saturated rings. The van der Waals surface area contributed by atoms with Gasteiger partial charge in [-0.05, 0) is 62.2 Å². The van der Waals surface area contributed by atoms with Crippen LogP contribution in [0.2, 0.25) is 0 Å². The summed E-state index contributed by atoms with van der Waals surface area (Å²) in [6, 6.07) is 11.8.